The van der Waals surface area contributed by atoms with Crippen LogP contribution in [0.4, 0.5) is 4.79 Å². The minimum absolute atomic E-state index is 0.240. The van der Waals surface area contributed by atoms with Gasteiger partial charge in [-0.15, -0.1) is 5.10 Å². The molecule has 2 aromatic rings. The van der Waals surface area contributed by atoms with E-state index >= 15 is 0 Å². The summed E-state index contributed by atoms with van der Waals surface area (Å²) < 4.78 is 34.5. The van der Waals surface area contributed by atoms with Crippen molar-refractivity contribution < 1.29 is 22.1 Å². The van der Waals surface area contributed by atoms with Crippen LogP contribution in [0.3, 0.4) is 0 Å². The predicted octanol–water partition coefficient (Wildman–Crippen LogP) is 3.81. The number of amides is 1. The molecule has 0 fully saturated rings. The highest BCUT2D eigenvalue weighted by atomic mass is 35.5. The van der Waals surface area contributed by atoms with Crippen LogP contribution in [-0.2, 0) is 20.8 Å². The van der Waals surface area contributed by atoms with Gasteiger partial charge in [-0.1, -0.05) is 42.6 Å². The molecule has 0 unspecified atom stereocenters. The van der Waals surface area contributed by atoms with Gasteiger partial charge >= 0.3 is 16.2 Å². The zero-order chi connectivity index (χ0) is 20.7. The molecule has 0 aliphatic rings. The van der Waals surface area contributed by atoms with E-state index in [1.54, 1.807) is 24.3 Å². The fourth-order valence-electron chi connectivity index (χ4n) is 2.17. The van der Waals surface area contributed by atoms with Crippen molar-refractivity contribution in [3.63, 3.8) is 0 Å². The number of primary amides is 1. The van der Waals surface area contributed by atoms with Gasteiger partial charge in [-0.2, -0.15) is 8.42 Å². The molecule has 28 heavy (non-hydrogen) atoms. The van der Waals surface area contributed by atoms with Gasteiger partial charge < -0.3 is 14.7 Å². The lowest BCUT2D eigenvalue weighted by molar-refractivity contribution is 0.213. The number of unbranched alkanes of at least 4 members (excludes halogenated alkanes) is 1. The maximum absolute atomic E-state index is 11.7. The molecule has 2 N–H and O–H groups in total. The molecule has 1 amide bonds. The first-order valence-corrected chi connectivity index (χ1v) is 10.5. The lowest BCUT2D eigenvalue weighted by Crippen LogP contribution is -2.17. The van der Waals surface area contributed by atoms with Gasteiger partial charge in [0.05, 0.1) is 24.3 Å². The average Bonchev–Trinajstić information content (AvgIpc) is 2.97. The number of aromatic nitrogens is 2. The molecule has 0 aliphatic heterocycles. The van der Waals surface area contributed by atoms with E-state index in [1.165, 1.54) is 10.8 Å². The summed E-state index contributed by atoms with van der Waals surface area (Å²) in [5, 5.41) is 5.97. The number of rotatable bonds is 9. The Balaban J connectivity index is 2.32. The van der Waals surface area contributed by atoms with Crippen molar-refractivity contribution in [2.75, 3.05) is 6.61 Å². The Hall–Kier alpha value is -2.23. The van der Waals surface area contributed by atoms with Crippen LogP contribution in [-0.4, -0.2) is 30.9 Å². The highest BCUT2D eigenvalue weighted by Crippen LogP contribution is 2.23. The summed E-state index contributed by atoms with van der Waals surface area (Å²) in [5.74, 6) is 0.325. The van der Waals surface area contributed by atoms with Crippen LogP contribution in [0.5, 0.6) is 5.88 Å². The second-order valence-electron chi connectivity index (χ2n) is 5.70. The van der Waals surface area contributed by atoms with E-state index < -0.39 is 16.2 Å². The number of carbonyl (C=O) groups is 1. The number of nitrogens with zero attached hydrogens (tertiary/aromatic N) is 2. The summed E-state index contributed by atoms with van der Waals surface area (Å²) in [6, 6.07) is 6.59. The van der Waals surface area contributed by atoms with Gasteiger partial charge in [-0.25, -0.2) is 4.79 Å². The number of nitrogens with two attached hydrogens (primary N) is 1. The fourth-order valence-corrected chi connectivity index (χ4v) is 3.22. The van der Waals surface area contributed by atoms with Crippen molar-refractivity contribution in [1.82, 2.24) is 9.78 Å². The topological polar surface area (TPSA) is 114 Å². The highest BCUT2D eigenvalue weighted by molar-refractivity contribution is 7.90. The van der Waals surface area contributed by atoms with E-state index in [4.69, 9.17) is 33.7 Å². The van der Waals surface area contributed by atoms with E-state index in [2.05, 4.69) is 9.28 Å². The Labute approximate surface area is 172 Å². The van der Waals surface area contributed by atoms with Gasteiger partial charge in [0.2, 0.25) is 5.88 Å². The van der Waals surface area contributed by atoms with Crippen LogP contribution in [0.1, 0.15) is 31.0 Å². The predicted molar refractivity (Wildman–Crippen MR) is 107 cm³/mol. The van der Waals surface area contributed by atoms with Crippen molar-refractivity contribution in [2.45, 2.75) is 26.3 Å². The van der Waals surface area contributed by atoms with Gasteiger partial charge in [0.25, 0.3) is 0 Å². The summed E-state index contributed by atoms with van der Waals surface area (Å²) in [5.41, 5.74) is 5.86. The third-order valence-electron chi connectivity index (χ3n) is 3.48. The molecular formula is C17H19Cl2N3O5S. The second kappa shape index (κ2) is 9.81. The van der Waals surface area contributed by atoms with Gasteiger partial charge in [-0.3, -0.25) is 4.68 Å². The average molecular weight is 448 g/mol. The van der Waals surface area contributed by atoms with Gasteiger partial charge in [-0.05, 0) is 30.2 Å². The molecule has 0 spiro atoms. The lowest BCUT2D eigenvalue weighted by Gasteiger charge is -2.07. The largest absolute Gasteiger partial charge is 0.477 e. The SMILES string of the molecule is CCCCOc1cc(/C=C/S(=O)(=O)OC(N)=O)n(Cc2ccc(Cl)cc2Cl)n1. The monoisotopic (exact) mass is 447 g/mol. The summed E-state index contributed by atoms with van der Waals surface area (Å²) in [6.45, 7) is 2.74. The normalized spacial score (nSPS) is 11.7. The van der Waals surface area contributed by atoms with Crippen molar-refractivity contribution in [3.05, 3.63) is 51.0 Å². The lowest BCUT2D eigenvalue weighted by atomic mass is 10.2. The third-order valence-corrected chi connectivity index (χ3v) is 4.93. The number of hydrogen-bond acceptors (Lipinski definition) is 6. The van der Waals surface area contributed by atoms with Crippen molar-refractivity contribution in [2.24, 2.45) is 5.73 Å². The maximum Gasteiger partial charge on any atom is 0.420 e. The van der Waals surface area contributed by atoms with Crippen LogP contribution in [0.25, 0.3) is 6.08 Å². The van der Waals surface area contributed by atoms with Crippen LogP contribution in [0, 0.1) is 0 Å². The van der Waals surface area contributed by atoms with Gasteiger partial charge in [0.15, 0.2) is 0 Å². The first-order valence-electron chi connectivity index (χ1n) is 8.26. The van der Waals surface area contributed by atoms with E-state index in [9.17, 15) is 13.2 Å². The van der Waals surface area contributed by atoms with Crippen molar-refractivity contribution >= 4 is 45.5 Å². The summed E-state index contributed by atoms with van der Waals surface area (Å²) >= 11 is 12.1. The van der Waals surface area contributed by atoms with E-state index in [0.29, 0.717) is 33.6 Å². The summed E-state index contributed by atoms with van der Waals surface area (Å²) in [6.07, 6.45) is 1.61. The number of hydrogen-bond donors (Lipinski definition) is 1. The van der Waals surface area contributed by atoms with Crippen molar-refractivity contribution in [1.29, 1.82) is 0 Å². The molecule has 0 atom stereocenters. The summed E-state index contributed by atoms with van der Waals surface area (Å²) in [7, 11) is -4.27. The number of ether oxygens (including phenoxy) is 1. The standard InChI is InChI=1S/C17H19Cl2N3O5S/c1-2-3-7-26-16-10-14(6-8-28(24,25)27-17(20)23)22(21-16)11-12-4-5-13(18)9-15(12)19/h4-6,8-10H,2-3,7,11H2,1H3,(H2,20,23)/b8-6+. The molecule has 0 saturated heterocycles. The molecule has 0 aliphatic carbocycles. The highest BCUT2D eigenvalue weighted by Gasteiger charge is 2.13. The van der Waals surface area contributed by atoms with Gasteiger partial charge in [0.1, 0.15) is 0 Å². The molecule has 11 heteroatoms. The molecule has 0 bridgehead atoms. The Morgan fingerprint density at radius 1 is 1.32 bits per heavy atom. The van der Waals surface area contributed by atoms with Crippen LogP contribution in [0.2, 0.25) is 10.0 Å². The molecule has 0 radical (unpaired) electrons. The van der Waals surface area contributed by atoms with Crippen molar-refractivity contribution in [3.8, 4) is 5.88 Å². The van der Waals surface area contributed by atoms with E-state index in [1.807, 2.05) is 6.92 Å². The smallest absolute Gasteiger partial charge is 0.420 e. The zero-order valence-corrected chi connectivity index (χ0v) is 17.3. The zero-order valence-electron chi connectivity index (χ0n) is 15.0. The summed E-state index contributed by atoms with van der Waals surface area (Å²) in [4.78, 5) is 10.7. The number of benzene rings is 1. The quantitative estimate of drug-likeness (QED) is 0.461. The maximum atomic E-state index is 11.7. The molecule has 1 aromatic carbocycles. The molecule has 1 aromatic heterocycles. The van der Waals surface area contributed by atoms with Crippen LogP contribution < -0.4 is 10.5 Å². The Morgan fingerprint density at radius 3 is 2.71 bits per heavy atom. The number of carbonyl (C=O) groups excluding carboxylic acids is 1. The minimum Gasteiger partial charge on any atom is -0.477 e. The van der Waals surface area contributed by atoms with Crippen LogP contribution >= 0.6 is 23.2 Å². The molecule has 152 valence electrons. The third kappa shape index (κ3) is 6.74. The molecule has 1 heterocycles. The Morgan fingerprint density at radius 2 is 2.07 bits per heavy atom. The van der Waals surface area contributed by atoms with E-state index in [0.717, 1.165) is 18.4 Å². The van der Waals surface area contributed by atoms with Gasteiger partial charge in [0, 0.05) is 16.1 Å². The molecule has 0 saturated carbocycles. The molecular weight excluding hydrogens is 429 g/mol. The minimum atomic E-state index is -4.27. The molecule has 8 nitrogen and oxygen atoms in total. The number of halogens is 2. The first-order chi connectivity index (χ1) is 13.2. The Kier molecular flexibility index (Phi) is 7.73. The molecule has 2 rings (SSSR count). The fraction of sp³-hybridized carbons (Fsp3) is 0.294. The van der Waals surface area contributed by atoms with Crippen LogP contribution in [0.15, 0.2) is 29.7 Å². The Bertz CT molecular complexity index is 973. The second-order valence-corrected chi connectivity index (χ2v) is 7.97. The first kappa shape index (κ1) is 22.1. The van der Waals surface area contributed by atoms with E-state index in [-0.39, 0.29) is 6.54 Å².